The third kappa shape index (κ3) is 3.59. The zero-order chi connectivity index (χ0) is 14.7. The van der Waals surface area contributed by atoms with Crippen LogP contribution in [0, 0.1) is 6.92 Å². The van der Waals surface area contributed by atoms with E-state index in [-0.39, 0.29) is 11.9 Å². The summed E-state index contributed by atoms with van der Waals surface area (Å²) in [4.78, 5) is 20.9. The molecule has 1 amide bonds. The van der Waals surface area contributed by atoms with Crippen LogP contribution < -0.4 is 5.32 Å². The second-order valence-corrected chi connectivity index (χ2v) is 5.83. The fourth-order valence-electron chi connectivity index (χ4n) is 3.01. The summed E-state index contributed by atoms with van der Waals surface area (Å²) in [6.45, 7) is 6.76. The Kier molecular flexibility index (Phi) is 4.50. The van der Waals surface area contributed by atoms with E-state index >= 15 is 0 Å². The van der Waals surface area contributed by atoms with E-state index in [1.54, 1.807) is 6.92 Å². The highest BCUT2D eigenvalue weighted by atomic mass is 16.5. The molecule has 3 heterocycles. The van der Waals surface area contributed by atoms with Crippen LogP contribution in [0.5, 0.6) is 0 Å². The number of carbonyl (C=O) groups excluding carboxylic acids is 1. The van der Waals surface area contributed by atoms with Gasteiger partial charge in [-0.25, -0.2) is 0 Å². The Balaban J connectivity index is 1.47. The van der Waals surface area contributed by atoms with Gasteiger partial charge in [-0.15, -0.1) is 0 Å². The van der Waals surface area contributed by atoms with Crippen LogP contribution in [0.15, 0.2) is 4.52 Å². The van der Waals surface area contributed by atoms with Crippen LogP contribution in [0.1, 0.15) is 31.0 Å². The smallest absolute Gasteiger partial charge is 0.239 e. The number of aryl methyl sites for hydroxylation is 1. The molecule has 0 aromatic carbocycles. The number of piperazine rings is 1. The number of nitrogens with one attached hydrogen (secondary N) is 1. The van der Waals surface area contributed by atoms with E-state index in [1.807, 2.05) is 4.90 Å². The van der Waals surface area contributed by atoms with Crippen LogP contribution in [0.2, 0.25) is 0 Å². The second-order valence-electron chi connectivity index (χ2n) is 5.83. The van der Waals surface area contributed by atoms with Gasteiger partial charge in [0.05, 0.1) is 12.6 Å². The lowest BCUT2D eigenvalue weighted by Crippen LogP contribution is -2.54. The molecule has 0 unspecified atom stereocenters. The Morgan fingerprint density at radius 1 is 1.33 bits per heavy atom. The molecule has 2 fully saturated rings. The molecular weight excluding hydrogens is 270 g/mol. The summed E-state index contributed by atoms with van der Waals surface area (Å²) in [6, 6.07) is 0.0326. The molecule has 0 saturated carbocycles. The minimum absolute atomic E-state index is 0.0326. The predicted octanol–water partition coefficient (Wildman–Crippen LogP) is 0.164. The van der Waals surface area contributed by atoms with Crippen molar-refractivity contribution >= 4 is 5.91 Å². The van der Waals surface area contributed by atoms with E-state index in [0.29, 0.717) is 12.4 Å². The predicted molar refractivity (Wildman–Crippen MR) is 76.5 cm³/mol. The lowest BCUT2D eigenvalue weighted by molar-refractivity contribution is -0.135. The van der Waals surface area contributed by atoms with Crippen molar-refractivity contribution in [2.45, 2.75) is 38.8 Å². The van der Waals surface area contributed by atoms with Crippen LogP contribution in [-0.2, 0) is 11.3 Å². The minimum Gasteiger partial charge on any atom is -0.340 e. The van der Waals surface area contributed by atoms with Crippen molar-refractivity contribution in [3.63, 3.8) is 0 Å². The molecule has 2 aliphatic heterocycles. The van der Waals surface area contributed by atoms with Gasteiger partial charge < -0.3 is 14.7 Å². The van der Waals surface area contributed by atoms with Crippen LogP contribution in [0.3, 0.4) is 0 Å². The molecular formula is C14H23N5O2. The molecule has 2 aliphatic rings. The first kappa shape index (κ1) is 14.5. The molecule has 0 aliphatic carbocycles. The standard InChI is InChI=1S/C14H23N5O2/c1-11-16-13(17-21-11)10-18-6-8-19(9-7-18)14(20)12-4-2-3-5-15-12/h12,15H,2-10H2,1H3/t12-/m1/s1. The van der Waals surface area contributed by atoms with Gasteiger partial charge in [0.2, 0.25) is 11.8 Å². The molecule has 1 aromatic rings. The Labute approximate surface area is 124 Å². The number of amides is 1. The highest BCUT2D eigenvalue weighted by Gasteiger charge is 2.28. The Hall–Kier alpha value is -1.47. The van der Waals surface area contributed by atoms with Crippen molar-refractivity contribution in [1.29, 1.82) is 0 Å². The van der Waals surface area contributed by atoms with Crippen molar-refractivity contribution in [3.05, 3.63) is 11.7 Å². The van der Waals surface area contributed by atoms with Crippen molar-refractivity contribution in [1.82, 2.24) is 25.3 Å². The first-order chi connectivity index (χ1) is 10.2. The first-order valence-electron chi connectivity index (χ1n) is 7.76. The normalized spacial score (nSPS) is 24.2. The van der Waals surface area contributed by atoms with Gasteiger partial charge in [-0.3, -0.25) is 9.69 Å². The SMILES string of the molecule is Cc1nc(CN2CCN(C(=O)[C@H]3CCCCN3)CC2)no1. The molecule has 1 N–H and O–H groups in total. The van der Waals surface area contributed by atoms with E-state index in [4.69, 9.17) is 4.52 Å². The number of piperidine rings is 1. The van der Waals surface area contributed by atoms with Crippen molar-refractivity contribution in [2.24, 2.45) is 0 Å². The number of hydrogen-bond acceptors (Lipinski definition) is 6. The lowest BCUT2D eigenvalue weighted by Gasteiger charge is -2.36. The average molecular weight is 293 g/mol. The molecule has 3 rings (SSSR count). The Morgan fingerprint density at radius 2 is 2.14 bits per heavy atom. The summed E-state index contributed by atoms with van der Waals surface area (Å²) in [5.41, 5.74) is 0. The number of aromatic nitrogens is 2. The summed E-state index contributed by atoms with van der Waals surface area (Å²) in [6.07, 6.45) is 3.31. The molecule has 2 saturated heterocycles. The second kappa shape index (κ2) is 6.53. The summed E-state index contributed by atoms with van der Waals surface area (Å²) in [5, 5.41) is 7.25. The van der Waals surface area contributed by atoms with Gasteiger partial charge in [0.15, 0.2) is 5.82 Å². The van der Waals surface area contributed by atoms with Gasteiger partial charge in [0, 0.05) is 33.1 Å². The zero-order valence-corrected chi connectivity index (χ0v) is 12.5. The number of carbonyl (C=O) groups is 1. The van der Waals surface area contributed by atoms with Crippen molar-refractivity contribution in [2.75, 3.05) is 32.7 Å². The highest BCUT2D eigenvalue weighted by molar-refractivity contribution is 5.82. The van der Waals surface area contributed by atoms with Gasteiger partial charge in [0.1, 0.15) is 0 Å². The van der Waals surface area contributed by atoms with Crippen LogP contribution >= 0.6 is 0 Å². The molecule has 0 spiro atoms. The third-order valence-electron chi connectivity index (χ3n) is 4.23. The Bertz CT molecular complexity index is 475. The maximum absolute atomic E-state index is 12.4. The maximum atomic E-state index is 12.4. The topological polar surface area (TPSA) is 74.5 Å². The van der Waals surface area contributed by atoms with E-state index < -0.39 is 0 Å². The van der Waals surface area contributed by atoms with Gasteiger partial charge in [-0.05, 0) is 19.4 Å². The molecule has 21 heavy (non-hydrogen) atoms. The molecule has 7 nitrogen and oxygen atoms in total. The third-order valence-corrected chi connectivity index (χ3v) is 4.23. The van der Waals surface area contributed by atoms with Gasteiger partial charge in [0.25, 0.3) is 0 Å². The first-order valence-corrected chi connectivity index (χ1v) is 7.76. The van der Waals surface area contributed by atoms with Crippen molar-refractivity contribution < 1.29 is 9.32 Å². The Morgan fingerprint density at radius 3 is 2.76 bits per heavy atom. The number of nitrogens with zero attached hydrogens (tertiary/aromatic N) is 4. The van der Waals surface area contributed by atoms with E-state index in [1.165, 1.54) is 6.42 Å². The van der Waals surface area contributed by atoms with Gasteiger partial charge >= 0.3 is 0 Å². The monoisotopic (exact) mass is 293 g/mol. The van der Waals surface area contributed by atoms with Gasteiger partial charge in [-0.2, -0.15) is 4.98 Å². The highest BCUT2D eigenvalue weighted by Crippen LogP contribution is 2.12. The summed E-state index contributed by atoms with van der Waals surface area (Å²) in [5.74, 6) is 1.59. The fourth-order valence-corrected chi connectivity index (χ4v) is 3.01. The zero-order valence-electron chi connectivity index (χ0n) is 12.5. The summed E-state index contributed by atoms with van der Waals surface area (Å²) >= 11 is 0. The molecule has 0 radical (unpaired) electrons. The molecule has 7 heteroatoms. The van der Waals surface area contributed by atoms with Crippen LogP contribution in [0.25, 0.3) is 0 Å². The molecule has 0 bridgehead atoms. The van der Waals surface area contributed by atoms with Crippen LogP contribution in [-0.4, -0.2) is 64.6 Å². The van der Waals surface area contributed by atoms with Crippen molar-refractivity contribution in [3.8, 4) is 0 Å². The molecule has 1 aromatic heterocycles. The number of rotatable bonds is 3. The summed E-state index contributed by atoms with van der Waals surface area (Å²) < 4.78 is 4.98. The van der Waals surface area contributed by atoms with Crippen LogP contribution in [0.4, 0.5) is 0 Å². The minimum atomic E-state index is 0.0326. The lowest BCUT2D eigenvalue weighted by atomic mass is 10.0. The number of hydrogen-bond donors (Lipinski definition) is 1. The van der Waals surface area contributed by atoms with E-state index in [2.05, 4.69) is 20.4 Å². The average Bonchev–Trinajstić information content (AvgIpc) is 2.93. The largest absolute Gasteiger partial charge is 0.340 e. The van der Waals surface area contributed by atoms with Gasteiger partial charge in [-0.1, -0.05) is 11.6 Å². The maximum Gasteiger partial charge on any atom is 0.239 e. The van der Waals surface area contributed by atoms with E-state index in [0.717, 1.165) is 51.4 Å². The quantitative estimate of drug-likeness (QED) is 0.856. The molecule has 116 valence electrons. The van der Waals surface area contributed by atoms with E-state index in [9.17, 15) is 4.79 Å². The summed E-state index contributed by atoms with van der Waals surface area (Å²) in [7, 11) is 0. The fraction of sp³-hybridized carbons (Fsp3) is 0.786. The molecule has 1 atom stereocenters.